The van der Waals surface area contributed by atoms with Crippen LogP contribution in [0.15, 0.2) is 24.3 Å². The van der Waals surface area contributed by atoms with Gasteiger partial charge in [-0.2, -0.15) is 0 Å². The van der Waals surface area contributed by atoms with Crippen LogP contribution in [-0.4, -0.2) is 43.3 Å². The van der Waals surface area contributed by atoms with E-state index in [4.69, 9.17) is 4.74 Å². The highest BCUT2D eigenvalue weighted by Gasteiger charge is 2.34. The third-order valence-electron chi connectivity index (χ3n) is 5.00. The third-order valence-corrected chi connectivity index (χ3v) is 5.00. The normalized spacial score (nSPS) is 27.9. The van der Waals surface area contributed by atoms with Crippen LogP contribution in [0.5, 0.6) is 0 Å². The van der Waals surface area contributed by atoms with Crippen molar-refractivity contribution in [2.24, 2.45) is 5.92 Å². The molecule has 0 amide bonds. The third kappa shape index (κ3) is 4.28. The molecule has 6 heteroatoms. The van der Waals surface area contributed by atoms with E-state index in [9.17, 15) is 10.1 Å². The molecule has 1 saturated carbocycles. The van der Waals surface area contributed by atoms with Gasteiger partial charge in [-0.3, -0.25) is 10.1 Å². The van der Waals surface area contributed by atoms with Crippen molar-refractivity contribution < 1.29 is 9.66 Å². The molecular formula is C17H25N3O3. The molecule has 3 atom stereocenters. The Morgan fingerprint density at radius 1 is 1.30 bits per heavy atom. The molecule has 23 heavy (non-hydrogen) atoms. The number of hydrogen-bond acceptors (Lipinski definition) is 5. The number of nitrogens with zero attached hydrogens (tertiary/aromatic N) is 1. The molecule has 126 valence electrons. The van der Waals surface area contributed by atoms with E-state index in [1.165, 1.54) is 19.3 Å². The molecule has 3 unspecified atom stereocenters. The van der Waals surface area contributed by atoms with Gasteiger partial charge in [-0.1, -0.05) is 18.6 Å². The van der Waals surface area contributed by atoms with Crippen LogP contribution in [0.3, 0.4) is 0 Å². The lowest BCUT2D eigenvalue weighted by Crippen LogP contribution is -2.51. The lowest BCUT2D eigenvalue weighted by Gasteiger charge is -2.33. The maximum atomic E-state index is 10.7. The lowest BCUT2D eigenvalue weighted by atomic mass is 9.94. The van der Waals surface area contributed by atoms with Gasteiger partial charge in [0.15, 0.2) is 0 Å². The zero-order valence-corrected chi connectivity index (χ0v) is 13.4. The molecule has 3 rings (SSSR count). The summed E-state index contributed by atoms with van der Waals surface area (Å²) >= 11 is 0. The predicted octanol–water partition coefficient (Wildman–Crippen LogP) is 1.88. The Morgan fingerprint density at radius 2 is 2.13 bits per heavy atom. The minimum atomic E-state index is -0.357. The van der Waals surface area contributed by atoms with E-state index < -0.39 is 0 Å². The average Bonchev–Trinajstić information content (AvgIpc) is 3.05. The maximum absolute atomic E-state index is 10.7. The summed E-state index contributed by atoms with van der Waals surface area (Å²) in [6.07, 6.45) is 4.66. The Labute approximate surface area is 136 Å². The number of ether oxygens (including phenoxy) is 1. The van der Waals surface area contributed by atoms with Crippen molar-refractivity contribution in [2.75, 3.05) is 26.3 Å². The molecule has 2 N–H and O–H groups in total. The molecule has 0 aromatic heterocycles. The lowest BCUT2D eigenvalue weighted by molar-refractivity contribution is -0.384. The molecule has 1 saturated heterocycles. The second-order valence-corrected chi connectivity index (χ2v) is 6.46. The van der Waals surface area contributed by atoms with Crippen LogP contribution in [0.1, 0.15) is 24.8 Å². The van der Waals surface area contributed by atoms with E-state index in [0.29, 0.717) is 18.0 Å². The van der Waals surface area contributed by atoms with Gasteiger partial charge in [-0.15, -0.1) is 0 Å². The van der Waals surface area contributed by atoms with Crippen molar-refractivity contribution in [1.82, 2.24) is 10.6 Å². The quantitative estimate of drug-likeness (QED) is 0.618. The summed E-state index contributed by atoms with van der Waals surface area (Å²) in [4.78, 5) is 10.3. The Bertz CT molecular complexity index is 514. The summed E-state index contributed by atoms with van der Waals surface area (Å²) in [5, 5.41) is 17.9. The molecule has 0 bridgehead atoms. The molecule has 0 spiro atoms. The Balaban J connectivity index is 1.46. The van der Waals surface area contributed by atoms with Gasteiger partial charge in [0.2, 0.25) is 0 Å². The Kier molecular flexibility index (Phi) is 5.59. The largest absolute Gasteiger partial charge is 0.379 e. The van der Waals surface area contributed by atoms with E-state index in [-0.39, 0.29) is 10.6 Å². The number of morpholine rings is 1. The van der Waals surface area contributed by atoms with Crippen LogP contribution in [0.4, 0.5) is 5.69 Å². The number of nitro benzene ring substituents is 1. The smallest absolute Gasteiger partial charge is 0.269 e. The number of non-ortho nitro benzene ring substituents is 1. The van der Waals surface area contributed by atoms with Crippen LogP contribution >= 0.6 is 0 Å². The van der Waals surface area contributed by atoms with Crippen molar-refractivity contribution in [3.8, 4) is 0 Å². The van der Waals surface area contributed by atoms with Crippen molar-refractivity contribution in [3.05, 3.63) is 39.9 Å². The van der Waals surface area contributed by atoms with Gasteiger partial charge in [-0.25, -0.2) is 0 Å². The maximum Gasteiger partial charge on any atom is 0.269 e. The van der Waals surface area contributed by atoms with Crippen molar-refractivity contribution in [1.29, 1.82) is 0 Å². The summed E-state index contributed by atoms with van der Waals surface area (Å²) in [6, 6.07) is 7.88. The molecule has 2 fully saturated rings. The first-order valence-corrected chi connectivity index (χ1v) is 8.52. The van der Waals surface area contributed by atoms with Crippen molar-refractivity contribution in [2.45, 2.75) is 37.8 Å². The molecule has 1 heterocycles. The van der Waals surface area contributed by atoms with Gasteiger partial charge in [0, 0.05) is 30.8 Å². The number of hydrogen-bond donors (Lipinski definition) is 2. The number of nitro groups is 1. The highest BCUT2D eigenvalue weighted by Crippen LogP contribution is 2.29. The molecule has 1 aromatic rings. The first-order valence-electron chi connectivity index (χ1n) is 8.52. The standard InChI is InChI=1S/C17H25N3O3/c21-20(22)14-6-4-13(5-7-14)8-9-18-16-3-1-2-15(16)17-12-23-11-10-19-17/h4-7,15-19H,1-3,8-12H2. The fraction of sp³-hybridized carbons (Fsp3) is 0.647. The molecule has 1 aliphatic carbocycles. The van der Waals surface area contributed by atoms with Crippen LogP contribution in [0.2, 0.25) is 0 Å². The molecule has 0 radical (unpaired) electrons. The number of benzene rings is 1. The van der Waals surface area contributed by atoms with E-state index >= 15 is 0 Å². The summed E-state index contributed by atoms with van der Waals surface area (Å²) < 4.78 is 5.60. The van der Waals surface area contributed by atoms with Gasteiger partial charge in [-0.05, 0) is 37.3 Å². The summed E-state index contributed by atoms with van der Waals surface area (Å²) in [7, 11) is 0. The first kappa shape index (κ1) is 16.4. The van der Waals surface area contributed by atoms with Gasteiger partial charge < -0.3 is 15.4 Å². The molecule has 2 aliphatic rings. The zero-order valence-electron chi connectivity index (χ0n) is 13.4. The van der Waals surface area contributed by atoms with E-state index in [0.717, 1.165) is 38.3 Å². The number of rotatable bonds is 6. The Hall–Kier alpha value is -1.50. The van der Waals surface area contributed by atoms with Gasteiger partial charge in [0.25, 0.3) is 5.69 Å². The second-order valence-electron chi connectivity index (χ2n) is 6.46. The summed E-state index contributed by atoms with van der Waals surface area (Å²) in [5.74, 6) is 0.646. The molecular weight excluding hydrogens is 294 g/mol. The average molecular weight is 319 g/mol. The summed E-state index contributed by atoms with van der Waals surface area (Å²) in [5.41, 5.74) is 1.29. The molecule has 1 aliphatic heterocycles. The zero-order chi connectivity index (χ0) is 16.1. The van der Waals surface area contributed by atoms with Crippen LogP contribution in [0, 0.1) is 16.0 Å². The van der Waals surface area contributed by atoms with E-state index in [1.54, 1.807) is 12.1 Å². The van der Waals surface area contributed by atoms with Crippen LogP contribution in [0.25, 0.3) is 0 Å². The van der Waals surface area contributed by atoms with E-state index in [2.05, 4.69) is 10.6 Å². The second kappa shape index (κ2) is 7.86. The van der Waals surface area contributed by atoms with Gasteiger partial charge in [0.05, 0.1) is 18.1 Å². The SMILES string of the molecule is O=[N+]([O-])c1ccc(CCNC2CCCC2C2COCCN2)cc1. The van der Waals surface area contributed by atoms with E-state index in [1.807, 2.05) is 12.1 Å². The monoisotopic (exact) mass is 319 g/mol. The fourth-order valence-corrected chi connectivity index (χ4v) is 3.77. The van der Waals surface area contributed by atoms with Crippen molar-refractivity contribution in [3.63, 3.8) is 0 Å². The fourth-order valence-electron chi connectivity index (χ4n) is 3.77. The molecule has 6 nitrogen and oxygen atoms in total. The topological polar surface area (TPSA) is 76.4 Å². The van der Waals surface area contributed by atoms with Crippen LogP contribution < -0.4 is 10.6 Å². The first-order chi connectivity index (χ1) is 11.2. The van der Waals surface area contributed by atoms with Gasteiger partial charge >= 0.3 is 0 Å². The number of nitrogens with one attached hydrogen (secondary N) is 2. The minimum Gasteiger partial charge on any atom is -0.379 e. The predicted molar refractivity (Wildman–Crippen MR) is 88.5 cm³/mol. The van der Waals surface area contributed by atoms with Crippen LogP contribution in [-0.2, 0) is 11.2 Å². The summed E-state index contributed by atoms with van der Waals surface area (Å²) in [6.45, 7) is 3.51. The highest BCUT2D eigenvalue weighted by atomic mass is 16.6. The van der Waals surface area contributed by atoms with Crippen molar-refractivity contribution >= 4 is 5.69 Å². The minimum absolute atomic E-state index is 0.154. The van der Waals surface area contributed by atoms with Gasteiger partial charge in [0.1, 0.15) is 0 Å². The molecule has 1 aromatic carbocycles. The highest BCUT2D eigenvalue weighted by molar-refractivity contribution is 5.32. The Morgan fingerprint density at radius 3 is 2.83 bits per heavy atom.